The van der Waals surface area contributed by atoms with Crippen molar-refractivity contribution in [3.8, 4) is 0 Å². The van der Waals surface area contributed by atoms with Crippen LogP contribution in [-0.4, -0.2) is 23.3 Å². The number of nitrogens with one attached hydrogen (secondary N) is 1. The van der Waals surface area contributed by atoms with Gasteiger partial charge >= 0.3 is 6.18 Å². The van der Waals surface area contributed by atoms with Crippen LogP contribution < -0.4 is 11.1 Å². The Labute approximate surface area is 172 Å². The standard InChI is InChI=1S/C20H20F3N3O2.ClH/c21-20(22,23)16-8-14(11-24)9-17(10-16)25-19(28)15-5-3-13(4-6-15)12-26-7-1-2-18(26)27;/h3-6,8-10H,1-2,7,11-12,24H2,(H,25,28);1H. The molecule has 0 saturated carbocycles. The Morgan fingerprint density at radius 3 is 2.34 bits per heavy atom. The first-order valence-corrected chi connectivity index (χ1v) is 8.85. The summed E-state index contributed by atoms with van der Waals surface area (Å²) < 4.78 is 39.0. The Kier molecular flexibility index (Phi) is 7.26. The van der Waals surface area contributed by atoms with Gasteiger partial charge in [-0.3, -0.25) is 9.59 Å². The molecule has 2 amide bonds. The summed E-state index contributed by atoms with van der Waals surface area (Å²) in [5, 5.41) is 2.49. The molecule has 3 N–H and O–H groups in total. The van der Waals surface area contributed by atoms with Crippen molar-refractivity contribution >= 4 is 29.9 Å². The van der Waals surface area contributed by atoms with Crippen LogP contribution in [-0.2, 0) is 24.1 Å². The first-order chi connectivity index (χ1) is 13.3. The van der Waals surface area contributed by atoms with E-state index >= 15 is 0 Å². The zero-order valence-electron chi connectivity index (χ0n) is 15.5. The predicted octanol–water partition coefficient (Wildman–Crippen LogP) is 3.96. The van der Waals surface area contributed by atoms with Gasteiger partial charge in [-0.25, -0.2) is 0 Å². The van der Waals surface area contributed by atoms with Crippen LogP contribution in [0.25, 0.3) is 0 Å². The number of nitrogens with zero attached hydrogens (tertiary/aromatic N) is 1. The maximum Gasteiger partial charge on any atom is 0.416 e. The fraction of sp³-hybridized carbons (Fsp3) is 0.300. The molecule has 0 unspecified atom stereocenters. The highest BCUT2D eigenvalue weighted by Crippen LogP contribution is 2.32. The molecule has 29 heavy (non-hydrogen) atoms. The number of likely N-dealkylation sites (tertiary alicyclic amines) is 1. The lowest BCUT2D eigenvalue weighted by Gasteiger charge is -2.15. The maximum atomic E-state index is 13.0. The Morgan fingerprint density at radius 2 is 1.79 bits per heavy atom. The molecule has 1 saturated heterocycles. The number of anilines is 1. The minimum absolute atomic E-state index is 0. The summed E-state index contributed by atoms with van der Waals surface area (Å²) in [7, 11) is 0. The molecule has 9 heteroatoms. The normalized spacial score (nSPS) is 13.9. The number of halogens is 4. The van der Waals surface area contributed by atoms with Crippen molar-refractivity contribution in [2.75, 3.05) is 11.9 Å². The van der Waals surface area contributed by atoms with E-state index < -0.39 is 17.6 Å². The highest BCUT2D eigenvalue weighted by Gasteiger charge is 2.31. The van der Waals surface area contributed by atoms with Crippen molar-refractivity contribution in [3.63, 3.8) is 0 Å². The lowest BCUT2D eigenvalue weighted by molar-refractivity contribution is -0.137. The number of carbonyl (C=O) groups is 2. The van der Waals surface area contributed by atoms with Crippen LogP contribution in [0.15, 0.2) is 42.5 Å². The molecule has 1 heterocycles. The minimum atomic E-state index is -4.53. The largest absolute Gasteiger partial charge is 0.416 e. The zero-order chi connectivity index (χ0) is 20.3. The molecule has 5 nitrogen and oxygen atoms in total. The van der Waals surface area contributed by atoms with Crippen LogP contribution in [0.1, 0.15) is 39.9 Å². The molecule has 2 aromatic rings. The Balaban J connectivity index is 0.00000300. The van der Waals surface area contributed by atoms with Gasteiger partial charge < -0.3 is 16.0 Å². The molecule has 2 aromatic carbocycles. The molecule has 1 aliphatic rings. The van der Waals surface area contributed by atoms with Crippen LogP contribution in [0.3, 0.4) is 0 Å². The monoisotopic (exact) mass is 427 g/mol. The van der Waals surface area contributed by atoms with Gasteiger partial charge in [-0.15, -0.1) is 12.4 Å². The molecular formula is C20H21ClF3N3O2. The first kappa shape index (κ1) is 22.7. The average Bonchev–Trinajstić information content (AvgIpc) is 3.06. The molecule has 0 radical (unpaired) electrons. The van der Waals surface area contributed by atoms with E-state index in [1.54, 1.807) is 29.2 Å². The van der Waals surface area contributed by atoms with Crippen molar-refractivity contribution in [1.82, 2.24) is 4.90 Å². The van der Waals surface area contributed by atoms with Gasteiger partial charge in [-0.05, 0) is 47.9 Å². The average molecular weight is 428 g/mol. The summed E-state index contributed by atoms with van der Waals surface area (Å²) in [5.74, 6) is -0.409. The van der Waals surface area contributed by atoms with Gasteiger partial charge in [0.1, 0.15) is 0 Å². The first-order valence-electron chi connectivity index (χ1n) is 8.85. The smallest absolute Gasteiger partial charge is 0.338 e. The third-order valence-corrected chi connectivity index (χ3v) is 4.57. The van der Waals surface area contributed by atoms with Crippen molar-refractivity contribution in [2.45, 2.75) is 32.1 Å². The third kappa shape index (κ3) is 5.71. The molecule has 0 aliphatic carbocycles. The third-order valence-electron chi connectivity index (χ3n) is 4.57. The fourth-order valence-electron chi connectivity index (χ4n) is 3.10. The van der Waals surface area contributed by atoms with Gasteiger partial charge in [0, 0.05) is 37.3 Å². The summed E-state index contributed by atoms with van der Waals surface area (Å²) in [5.41, 5.74) is 6.10. The second kappa shape index (κ2) is 9.28. The lowest BCUT2D eigenvalue weighted by atomic mass is 10.1. The van der Waals surface area contributed by atoms with Crippen molar-refractivity contribution in [3.05, 3.63) is 64.7 Å². The maximum absolute atomic E-state index is 13.0. The van der Waals surface area contributed by atoms with Gasteiger partial charge in [-0.2, -0.15) is 13.2 Å². The Hall–Kier alpha value is -2.58. The number of amides is 2. The molecule has 0 spiro atoms. The molecular weight excluding hydrogens is 407 g/mol. The highest BCUT2D eigenvalue weighted by atomic mass is 35.5. The molecule has 1 fully saturated rings. The van der Waals surface area contributed by atoms with E-state index in [9.17, 15) is 22.8 Å². The number of rotatable bonds is 5. The SMILES string of the molecule is Cl.NCc1cc(NC(=O)c2ccc(CN3CCCC3=O)cc2)cc(C(F)(F)F)c1. The number of hydrogen-bond donors (Lipinski definition) is 2. The molecule has 1 aliphatic heterocycles. The van der Waals surface area contributed by atoms with Crippen molar-refractivity contribution in [1.29, 1.82) is 0 Å². The number of benzene rings is 2. The molecule has 0 aromatic heterocycles. The summed E-state index contributed by atoms with van der Waals surface area (Å²) in [4.78, 5) is 25.8. The number of nitrogens with two attached hydrogens (primary N) is 1. The molecule has 156 valence electrons. The summed E-state index contributed by atoms with van der Waals surface area (Å²) in [6.07, 6.45) is -3.12. The van der Waals surface area contributed by atoms with Gasteiger partial charge in [0.2, 0.25) is 5.91 Å². The van der Waals surface area contributed by atoms with Crippen molar-refractivity contribution in [2.24, 2.45) is 5.73 Å². The van der Waals surface area contributed by atoms with Crippen LogP contribution in [0.4, 0.5) is 18.9 Å². The number of carbonyl (C=O) groups excluding carboxylic acids is 2. The topological polar surface area (TPSA) is 75.4 Å². The summed E-state index contributed by atoms with van der Waals surface area (Å²) >= 11 is 0. The van der Waals surface area contributed by atoms with Crippen LogP contribution in [0.5, 0.6) is 0 Å². The highest BCUT2D eigenvalue weighted by molar-refractivity contribution is 6.04. The summed E-state index contributed by atoms with van der Waals surface area (Å²) in [6, 6.07) is 9.90. The van der Waals surface area contributed by atoms with E-state index in [0.717, 1.165) is 30.7 Å². The van der Waals surface area contributed by atoms with Crippen molar-refractivity contribution < 1.29 is 22.8 Å². The molecule has 0 bridgehead atoms. The predicted molar refractivity (Wildman–Crippen MR) is 106 cm³/mol. The van der Waals surface area contributed by atoms with Gasteiger partial charge in [0.15, 0.2) is 0 Å². The Bertz CT molecular complexity index is 886. The number of alkyl halides is 3. The van der Waals surface area contributed by atoms with Crippen LogP contribution in [0, 0.1) is 0 Å². The van der Waals surface area contributed by atoms with E-state index in [1.807, 2.05) is 0 Å². The second-order valence-corrected chi connectivity index (χ2v) is 6.69. The van der Waals surface area contributed by atoms with E-state index in [4.69, 9.17) is 5.73 Å². The van der Waals surface area contributed by atoms with Gasteiger partial charge in [0.25, 0.3) is 5.91 Å². The minimum Gasteiger partial charge on any atom is -0.338 e. The second-order valence-electron chi connectivity index (χ2n) is 6.69. The lowest BCUT2D eigenvalue weighted by Crippen LogP contribution is -2.23. The quantitative estimate of drug-likeness (QED) is 0.758. The van der Waals surface area contributed by atoms with E-state index in [2.05, 4.69) is 5.32 Å². The molecule has 0 atom stereocenters. The van der Waals surface area contributed by atoms with Gasteiger partial charge in [0.05, 0.1) is 5.56 Å². The number of hydrogen-bond acceptors (Lipinski definition) is 3. The summed E-state index contributed by atoms with van der Waals surface area (Å²) in [6.45, 7) is 1.13. The zero-order valence-corrected chi connectivity index (χ0v) is 16.3. The van der Waals surface area contributed by atoms with Gasteiger partial charge in [-0.1, -0.05) is 12.1 Å². The van der Waals surface area contributed by atoms with E-state index in [-0.39, 0.29) is 36.1 Å². The Morgan fingerprint density at radius 1 is 1.10 bits per heavy atom. The van der Waals surface area contributed by atoms with E-state index in [1.165, 1.54) is 6.07 Å². The molecule has 3 rings (SSSR count). The fourth-order valence-corrected chi connectivity index (χ4v) is 3.10. The van der Waals surface area contributed by atoms with Crippen LogP contribution in [0.2, 0.25) is 0 Å². The van der Waals surface area contributed by atoms with E-state index in [0.29, 0.717) is 18.5 Å². The van der Waals surface area contributed by atoms with Crippen LogP contribution >= 0.6 is 12.4 Å².